The van der Waals surface area contributed by atoms with Gasteiger partial charge in [-0.3, -0.25) is 0 Å². The molecule has 5 nitrogen and oxygen atoms in total. The summed E-state index contributed by atoms with van der Waals surface area (Å²) in [5, 5.41) is 0. The van der Waals surface area contributed by atoms with Crippen LogP contribution in [-0.4, -0.2) is 29.9 Å². The molecule has 0 aromatic heterocycles. The average Bonchev–Trinajstić information content (AvgIpc) is 2.84. The van der Waals surface area contributed by atoms with Crippen molar-refractivity contribution >= 4 is 11.9 Å². The third kappa shape index (κ3) is 2.84. The molecule has 5 heteroatoms. The van der Waals surface area contributed by atoms with Crippen LogP contribution in [0.4, 0.5) is 0 Å². The number of carbonyl (C=O) groups is 2. The van der Waals surface area contributed by atoms with E-state index in [1.165, 1.54) is 0 Å². The lowest BCUT2D eigenvalue weighted by molar-refractivity contribution is -0.298. The Bertz CT molecular complexity index is 899. The predicted molar refractivity (Wildman–Crippen MR) is 100 cm³/mol. The molecule has 0 radical (unpaired) electrons. The van der Waals surface area contributed by atoms with Gasteiger partial charge in [-0.25, -0.2) is 14.5 Å². The van der Waals surface area contributed by atoms with E-state index in [2.05, 4.69) is 6.92 Å². The maximum Gasteiger partial charge on any atom is 0.350 e. The molecule has 138 valence electrons. The number of hydrogen-bond acceptors (Lipinski definition) is 5. The highest BCUT2D eigenvalue weighted by Crippen LogP contribution is 2.45. The minimum Gasteiger partial charge on any atom is -0.401 e. The molecule has 4 rings (SSSR count). The molecule has 0 amide bonds. The normalized spacial score (nSPS) is 21.3. The minimum absolute atomic E-state index is 0.0715. The molecule has 0 aliphatic carbocycles. The maximum absolute atomic E-state index is 12.3. The van der Waals surface area contributed by atoms with E-state index in [9.17, 15) is 9.59 Å². The van der Waals surface area contributed by atoms with Crippen molar-refractivity contribution in [3.8, 4) is 11.1 Å². The van der Waals surface area contributed by atoms with Gasteiger partial charge in [-0.2, -0.15) is 0 Å². The smallest absolute Gasteiger partial charge is 0.350 e. The summed E-state index contributed by atoms with van der Waals surface area (Å²) in [5.41, 5.74) is 3.59. The van der Waals surface area contributed by atoms with Gasteiger partial charge >= 0.3 is 17.8 Å². The van der Waals surface area contributed by atoms with E-state index in [0.29, 0.717) is 5.56 Å². The highest BCUT2D eigenvalue weighted by atomic mass is 16.8. The van der Waals surface area contributed by atoms with Crippen LogP contribution in [0.5, 0.6) is 0 Å². The Kier molecular flexibility index (Phi) is 4.32. The average molecular weight is 363 g/mol. The monoisotopic (exact) mass is 363 g/mol. The van der Waals surface area contributed by atoms with Crippen molar-refractivity contribution in [1.29, 1.82) is 0 Å². The second kappa shape index (κ2) is 6.67. The molecule has 1 atom stereocenters. The summed E-state index contributed by atoms with van der Waals surface area (Å²) in [6.45, 7) is 2.07. The number of esters is 2. The van der Waals surface area contributed by atoms with Gasteiger partial charge in [0.05, 0.1) is 5.56 Å². The predicted octanol–water partition coefficient (Wildman–Crippen LogP) is 3.39. The molecule has 1 spiro atoms. The molecule has 2 aliphatic rings. The number of hydrogen-bond donors (Lipinski definition) is 0. The maximum atomic E-state index is 12.3. The molecular formula is C22H21NO4. The van der Waals surface area contributed by atoms with Gasteiger partial charge in [0, 0.05) is 18.2 Å². The van der Waals surface area contributed by atoms with Crippen LogP contribution in [0.3, 0.4) is 0 Å². The van der Waals surface area contributed by atoms with Gasteiger partial charge in [0.1, 0.15) is 0 Å². The zero-order valence-electron chi connectivity index (χ0n) is 15.3. The standard InChI is InChI=1S/C22H21NO4/c1-3-17-14-16-10-7-11-18(15-8-5-4-6-9-15)21(16)22(23(17)2)26-19(24)12-13-20(25)27-22/h4-13,17H,3,14H2,1-2H3. The highest BCUT2D eigenvalue weighted by Gasteiger charge is 2.53. The molecule has 2 heterocycles. The Morgan fingerprint density at radius 3 is 2.30 bits per heavy atom. The number of fused-ring (bicyclic) bond motifs is 2. The summed E-state index contributed by atoms with van der Waals surface area (Å²) in [6, 6.07) is 15.9. The number of rotatable bonds is 2. The van der Waals surface area contributed by atoms with Crippen molar-refractivity contribution < 1.29 is 19.1 Å². The van der Waals surface area contributed by atoms with E-state index in [4.69, 9.17) is 9.47 Å². The number of ether oxygens (including phenoxy) is 2. The fraction of sp³-hybridized carbons (Fsp3) is 0.273. The molecule has 0 fully saturated rings. The summed E-state index contributed by atoms with van der Waals surface area (Å²) in [6.07, 6.45) is 3.85. The quantitative estimate of drug-likeness (QED) is 0.766. The molecule has 0 saturated heterocycles. The van der Waals surface area contributed by atoms with Crippen LogP contribution in [0.2, 0.25) is 0 Å². The van der Waals surface area contributed by atoms with Gasteiger partial charge in [0.25, 0.3) is 0 Å². The lowest BCUT2D eigenvalue weighted by Gasteiger charge is -2.47. The van der Waals surface area contributed by atoms with Gasteiger partial charge in [0.15, 0.2) is 0 Å². The molecule has 0 bridgehead atoms. The van der Waals surface area contributed by atoms with Crippen molar-refractivity contribution in [3.63, 3.8) is 0 Å². The van der Waals surface area contributed by atoms with Gasteiger partial charge in [-0.1, -0.05) is 55.5 Å². The van der Waals surface area contributed by atoms with Crippen molar-refractivity contribution in [2.45, 2.75) is 31.7 Å². The lowest BCUT2D eigenvalue weighted by atomic mass is 9.84. The Balaban J connectivity index is 2.00. The van der Waals surface area contributed by atoms with Crippen molar-refractivity contribution in [2.75, 3.05) is 7.05 Å². The largest absolute Gasteiger partial charge is 0.401 e. The van der Waals surface area contributed by atoms with E-state index in [1.54, 1.807) is 0 Å². The van der Waals surface area contributed by atoms with Crippen LogP contribution in [0, 0.1) is 0 Å². The van der Waals surface area contributed by atoms with Crippen molar-refractivity contribution in [3.05, 3.63) is 71.8 Å². The molecule has 2 aromatic rings. The van der Waals surface area contributed by atoms with Crippen molar-refractivity contribution in [2.24, 2.45) is 0 Å². The summed E-state index contributed by atoms with van der Waals surface area (Å²) in [7, 11) is 1.84. The molecular weight excluding hydrogens is 342 g/mol. The Morgan fingerprint density at radius 2 is 1.67 bits per heavy atom. The highest BCUT2D eigenvalue weighted by molar-refractivity contribution is 5.93. The molecule has 0 saturated carbocycles. The van der Waals surface area contributed by atoms with Crippen LogP contribution in [0.15, 0.2) is 60.7 Å². The summed E-state index contributed by atoms with van der Waals surface area (Å²) in [5.74, 6) is -2.78. The molecule has 1 unspecified atom stereocenters. The second-order valence-electron chi connectivity index (χ2n) is 6.84. The third-order valence-electron chi connectivity index (χ3n) is 5.32. The van der Waals surface area contributed by atoms with Crippen LogP contribution >= 0.6 is 0 Å². The lowest BCUT2D eigenvalue weighted by Crippen LogP contribution is -2.57. The summed E-state index contributed by atoms with van der Waals surface area (Å²) in [4.78, 5) is 26.5. The fourth-order valence-electron chi connectivity index (χ4n) is 3.97. The molecule has 2 aromatic carbocycles. The van der Waals surface area contributed by atoms with Crippen LogP contribution < -0.4 is 0 Å². The SMILES string of the molecule is CCC1Cc2cccc(-c3ccccc3)c2C2(OC(=O)C=CC(=O)O2)N1C. The Labute approximate surface area is 158 Å². The van der Waals surface area contributed by atoms with E-state index in [0.717, 1.165) is 41.7 Å². The van der Waals surface area contributed by atoms with E-state index >= 15 is 0 Å². The zero-order chi connectivity index (χ0) is 19.0. The molecule has 27 heavy (non-hydrogen) atoms. The van der Waals surface area contributed by atoms with Gasteiger partial charge in [0.2, 0.25) is 0 Å². The topological polar surface area (TPSA) is 55.8 Å². The zero-order valence-corrected chi connectivity index (χ0v) is 15.3. The van der Waals surface area contributed by atoms with E-state index < -0.39 is 17.8 Å². The van der Waals surface area contributed by atoms with Crippen LogP contribution in [0.25, 0.3) is 11.1 Å². The molecule has 2 aliphatic heterocycles. The van der Waals surface area contributed by atoms with Crippen molar-refractivity contribution in [1.82, 2.24) is 4.90 Å². The first-order valence-corrected chi connectivity index (χ1v) is 9.10. The van der Waals surface area contributed by atoms with Gasteiger partial charge in [-0.15, -0.1) is 0 Å². The number of carbonyl (C=O) groups excluding carboxylic acids is 2. The summed E-state index contributed by atoms with van der Waals surface area (Å²) >= 11 is 0. The number of benzene rings is 2. The number of nitrogens with zero attached hydrogens (tertiary/aromatic N) is 1. The fourth-order valence-corrected chi connectivity index (χ4v) is 3.97. The second-order valence-corrected chi connectivity index (χ2v) is 6.84. The van der Waals surface area contributed by atoms with Gasteiger partial charge in [-0.05, 0) is 36.6 Å². The summed E-state index contributed by atoms with van der Waals surface area (Å²) < 4.78 is 11.6. The Morgan fingerprint density at radius 1 is 1.00 bits per heavy atom. The first-order chi connectivity index (χ1) is 13.0. The Hall–Kier alpha value is -2.92. The first kappa shape index (κ1) is 17.5. The van der Waals surface area contributed by atoms with E-state index in [-0.39, 0.29) is 6.04 Å². The number of likely N-dealkylation sites (N-methyl/N-ethyl adjacent to an activating group) is 1. The van der Waals surface area contributed by atoms with Crippen LogP contribution in [0.1, 0.15) is 24.5 Å². The van der Waals surface area contributed by atoms with E-state index in [1.807, 2.05) is 60.5 Å². The first-order valence-electron chi connectivity index (χ1n) is 9.10. The van der Waals surface area contributed by atoms with Gasteiger partial charge < -0.3 is 9.47 Å². The molecule has 0 N–H and O–H groups in total. The minimum atomic E-state index is -1.58. The van der Waals surface area contributed by atoms with Crippen LogP contribution in [-0.2, 0) is 31.4 Å². The third-order valence-corrected chi connectivity index (χ3v) is 5.32.